The van der Waals surface area contributed by atoms with E-state index in [4.69, 9.17) is 0 Å². The van der Waals surface area contributed by atoms with E-state index in [0.717, 1.165) is 5.56 Å². The van der Waals surface area contributed by atoms with Crippen LogP contribution in [-0.2, 0) is 10.0 Å². The Bertz CT molecular complexity index is 986. The smallest absolute Gasteiger partial charge is 0.268 e. The van der Waals surface area contributed by atoms with Gasteiger partial charge in [-0.05, 0) is 37.3 Å². The highest BCUT2D eigenvalue weighted by atomic mass is 32.2. The van der Waals surface area contributed by atoms with Crippen molar-refractivity contribution in [3.63, 3.8) is 0 Å². The summed E-state index contributed by atoms with van der Waals surface area (Å²) in [6.45, 7) is 1.90. The molecule has 0 atom stereocenters. The van der Waals surface area contributed by atoms with Gasteiger partial charge >= 0.3 is 0 Å². The third kappa shape index (κ3) is 2.51. The van der Waals surface area contributed by atoms with Crippen LogP contribution in [0.15, 0.2) is 59.6 Å². The van der Waals surface area contributed by atoms with E-state index in [0.29, 0.717) is 16.5 Å². The molecule has 1 N–H and O–H groups in total. The Morgan fingerprint density at radius 1 is 1.04 bits per heavy atom. The maximum absolute atomic E-state index is 12.8. The fourth-order valence-electron chi connectivity index (χ4n) is 2.51. The summed E-state index contributed by atoms with van der Waals surface area (Å²) in [6, 6.07) is 13.4. The van der Waals surface area contributed by atoms with Gasteiger partial charge in [-0.15, -0.1) is 0 Å². The van der Waals surface area contributed by atoms with Crippen LogP contribution in [0.25, 0.3) is 10.9 Å². The van der Waals surface area contributed by atoms with Gasteiger partial charge in [0.15, 0.2) is 0 Å². The average molecular weight is 328 g/mol. The minimum Gasteiger partial charge on any atom is -0.355 e. The average Bonchev–Trinajstić information content (AvgIpc) is 2.99. The summed E-state index contributed by atoms with van der Waals surface area (Å²) in [7, 11) is -2.16. The SMILES string of the molecule is CNC(=O)c1cccc2c1ccn2S(=O)(=O)c1ccc(C)cc1. The molecule has 0 spiro atoms. The van der Waals surface area contributed by atoms with Crippen molar-refractivity contribution in [2.75, 3.05) is 7.05 Å². The number of rotatable bonds is 3. The van der Waals surface area contributed by atoms with Gasteiger partial charge in [0, 0.05) is 24.2 Å². The maximum Gasteiger partial charge on any atom is 0.268 e. The van der Waals surface area contributed by atoms with Gasteiger partial charge in [-0.2, -0.15) is 0 Å². The maximum atomic E-state index is 12.8. The number of benzene rings is 2. The molecule has 1 aromatic heterocycles. The van der Waals surface area contributed by atoms with Crippen molar-refractivity contribution in [2.45, 2.75) is 11.8 Å². The lowest BCUT2D eigenvalue weighted by atomic mass is 10.1. The Balaban J connectivity index is 2.21. The normalized spacial score (nSPS) is 11.6. The van der Waals surface area contributed by atoms with Crippen LogP contribution in [0.5, 0.6) is 0 Å². The molecular weight excluding hydrogens is 312 g/mol. The first-order valence-corrected chi connectivity index (χ1v) is 8.53. The molecule has 23 heavy (non-hydrogen) atoms. The number of aryl methyl sites for hydroxylation is 1. The summed E-state index contributed by atoms with van der Waals surface area (Å²) < 4.78 is 26.9. The number of amides is 1. The van der Waals surface area contributed by atoms with Gasteiger partial charge in [-0.25, -0.2) is 12.4 Å². The van der Waals surface area contributed by atoms with Crippen molar-refractivity contribution in [2.24, 2.45) is 0 Å². The predicted molar refractivity (Wildman–Crippen MR) is 89.1 cm³/mol. The Kier molecular flexibility index (Phi) is 3.69. The van der Waals surface area contributed by atoms with Crippen LogP contribution in [-0.4, -0.2) is 25.3 Å². The number of hydrogen-bond donors (Lipinski definition) is 1. The van der Waals surface area contributed by atoms with Gasteiger partial charge in [0.25, 0.3) is 15.9 Å². The van der Waals surface area contributed by atoms with Crippen LogP contribution in [0.2, 0.25) is 0 Å². The fourth-order valence-corrected chi connectivity index (χ4v) is 3.86. The Morgan fingerprint density at radius 2 is 1.74 bits per heavy atom. The number of carbonyl (C=O) groups excluding carboxylic acids is 1. The molecule has 0 fully saturated rings. The summed E-state index contributed by atoms with van der Waals surface area (Å²) in [5.74, 6) is -0.249. The molecule has 6 heteroatoms. The number of nitrogens with zero attached hydrogens (tertiary/aromatic N) is 1. The lowest BCUT2D eigenvalue weighted by Gasteiger charge is -2.09. The highest BCUT2D eigenvalue weighted by Crippen LogP contribution is 2.25. The van der Waals surface area contributed by atoms with E-state index in [-0.39, 0.29) is 10.8 Å². The second-order valence-corrected chi connectivity index (χ2v) is 7.06. The molecule has 1 heterocycles. The third-order valence-corrected chi connectivity index (χ3v) is 5.45. The van der Waals surface area contributed by atoms with Crippen molar-refractivity contribution < 1.29 is 13.2 Å². The highest BCUT2D eigenvalue weighted by Gasteiger charge is 2.20. The van der Waals surface area contributed by atoms with E-state index in [9.17, 15) is 13.2 Å². The molecule has 1 amide bonds. The molecule has 118 valence electrons. The number of hydrogen-bond acceptors (Lipinski definition) is 3. The Labute approximate surface area is 134 Å². The second kappa shape index (κ2) is 5.55. The number of nitrogens with one attached hydrogen (secondary N) is 1. The van der Waals surface area contributed by atoms with Crippen LogP contribution in [0.3, 0.4) is 0 Å². The molecule has 0 aliphatic carbocycles. The molecule has 0 radical (unpaired) electrons. The molecule has 0 aliphatic rings. The van der Waals surface area contributed by atoms with Gasteiger partial charge < -0.3 is 5.32 Å². The van der Waals surface area contributed by atoms with E-state index in [1.54, 1.807) is 55.6 Å². The number of carbonyl (C=O) groups is 1. The molecular formula is C17H16N2O3S. The van der Waals surface area contributed by atoms with E-state index in [2.05, 4.69) is 5.32 Å². The Morgan fingerprint density at radius 3 is 2.39 bits per heavy atom. The molecule has 3 rings (SSSR count). The molecule has 2 aromatic carbocycles. The van der Waals surface area contributed by atoms with E-state index < -0.39 is 10.0 Å². The first kappa shape index (κ1) is 15.3. The van der Waals surface area contributed by atoms with Crippen LogP contribution in [0.4, 0.5) is 0 Å². The molecule has 5 nitrogen and oxygen atoms in total. The summed E-state index contributed by atoms with van der Waals surface area (Å²) in [5, 5.41) is 3.16. The van der Waals surface area contributed by atoms with Gasteiger partial charge in [-0.1, -0.05) is 23.8 Å². The van der Waals surface area contributed by atoms with Gasteiger partial charge in [-0.3, -0.25) is 4.79 Å². The molecule has 0 unspecified atom stereocenters. The minimum absolute atomic E-state index is 0.214. The standard InChI is InChI=1S/C17H16N2O3S/c1-12-6-8-13(9-7-12)23(21,22)19-11-10-14-15(17(20)18-2)4-3-5-16(14)19/h3-11H,1-2H3,(H,18,20). The topological polar surface area (TPSA) is 68.2 Å². The van der Waals surface area contributed by atoms with Crippen molar-refractivity contribution >= 4 is 26.8 Å². The van der Waals surface area contributed by atoms with E-state index >= 15 is 0 Å². The fraction of sp³-hybridized carbons (Fsp3) is 0.118. The second-order valence-electron chi connectivity index (χ2n) is 5.25. The van der Waals surface area contributed by atoms with Crippen LogP contribution in [0.1, 0.15) is 15.9 Å². The summed E-state index contributed by atoms with van der Waals surface area (Å²) >= 11 is 0. The lowest BCUT2D eigenvalue weighted by Crippen LogP contribution is -2.18. The zero-order valence-corrected chi connectivity index (χ0v) is 13.6. The summed E-state index contributed by atoms with van der Waals surface area (Å²) in [6.07, 6.45) is 1.48. The summed E-state index contributed by atoms with van der Waals surface area (Å²) in [5.41, 5.74) is 1.91. The van der Waals surface area contributed by atoms with E-state index in [1.807, 2.05) is 6.92 Å². The van der Waals surface area contributed by atoms with Crippen LogP contribution in [0, 0.1) is 6.92 Å². The van der Waals surface area contributed by atoms with Crippen molar-refractivity contribution in [3.8, 4) is 0 Å². The van der Waals surface area contributed by atoms with Gasteiger partial charge in [0.05, 0.1) is 10.4 Å². The van der Waals surface area contributed by atoms with Gasteiger partial charge in [0.1, 0.15) is 0 Å². The Hall–Kier alpha value is -2.60. The largest absolute Gasteiger partial charge is 0.355 e. The number of aromatic nitrogens is 1. The zero-order valence-electron chi connectivity index (χ0n) is 12.8. The molecule has 0 aliphatic heterocycles. The lowest BCUT2D eigenvalue weighted by molar-refractivity contribution is 0.0964. The van der Waals surface area contributed by atoms with Crippen molar-refractivity contribution in [1.29, 1.82) is 0 Å². The molecule has 3 aromatic rings. The predicted octanol–water partition coefficient (Wildman–Crippen LogP) is 2.55. The number of fused-ring (bicyclic) bond motifs is 1. The van der Waals surface area contributed by atoms with Crippen molar-refractivity contribution in [1.82, 2.24) is 9.29 Å². The molecule has 0 saturated carbocycles. The van der Waals surface area contributed by atoms with E-state index in [1.165, 1.54) is 10.2 Å². The molecule has 0 saturated heterocycles. The molecule has 0 bridgehead atoms. The minimum atomic E-state index is -3.70. The van der Waals surface area contributed by atoms with Crippen LogP contribution >= 0.6 is 0 Å². The monoisotopic (exact) mass is 328 g/mol. The van der Waals surface area contributed by atoms with Crippen LogP contribution < -0.4 is 5.32 Å². The first-order valence-electron chi connectivity index (χ1n) is 7.09. The van der Waals surface area contributed by atoms with Gasteiger partial charge in [0.2, 0.25) is 0 Å². The summed E-state index contributed by atoms with van der Waals surface area (Å²) in [4.78, 5) is 12.1. The zero-order chi connectivity index (χ0) is 16.6. The first-order chi connectivity index (χ1) is 10.9. The quantitative estimate of drug-likeness (QED) is 0.803. The third-order valence-electron chi connectivity index (χ3n) is 3.75. The highest BCUT2D eigenvalue weighted by molar-refractivity contribution is 7.90. The van der Waals surface area contributed by atoms with Crippen molar-refractivity contribution in [3.05, 3.63) is 65.9 Å².